The molecule has 0 spiro atoms. The smallest absolute Gasteiger partial charge is 0.226 e. The van der Waals surface area contributed by atoms with E-state index in [4.69, 9.17) is 9.47 Å². The van der Waals surface area contributed by atoms with Crippen LogP contribution in [0.25, 0.3) is 11.1 Å². The Labute approximate surface area is 157 Å². The van der Waals surface area contributed by atoms with E-state index in [0.717, 1.165) is 28.2 Å². The lowest BCUT2D eigenvalue weighted by atomic mass is 9.93. The Morgan fingerprint density at radius 1 is 1.19 bits per heavy atom. The van der Waals surface area contributed by atoms with Crippen molar-refractivity contribution in [2.75, 3.05) is 7.11 Å². The molecule has 134 valence electrons. The molecule has 0 fully saturated rings. The molecule has 3 nitrogen and oxygen atoms in total. The van der Waals surface area contributed by atoms with Crippen molar-refractivity contribution in [2.24, 2.45) is 5.92 Å². The maximum absolute atomic E-state index is 10.5. The minimum Gasteiger partial charge on any atom is -0.496 e. The zero-order chi connectivity index (χ0) is 18.3. The Bertz CT molecular complexity index is 930. The maximum Gasteiger partial charge on any atom is 0.226 e. The van der Waals surface area contributed by atoms with E-state index >= 15 is 0 Å². The fraction of sp³-hybridized carbons (Fsp3) is 0.273. The summed E-state index contributed by atoms with van der Waals surface area (Å²) < 4.78 is 11.3. The first kappa shape index (κ1) is 17.1. The number of ether oxygens (including phenoxy) is 2. The van der Waals surface area contributed by atoms with Gasteiger partial charge in [0.2, 0.25) is 5.79 Å². The first-order valence-corrected chi connectivity index (χ1v) is 9.58. The first-order valence-electron chi connectivity index (χ1n) is 8.76. The highest BCUT2D eigenvalue weighted by Gasteiger charge is 2.29. The summed E-state index contributed by atoms with van der Waals surface area (Å²) in [6, 6.07) is 12.1. The highest BCUT2D eigenvalue weighted by Crippen LogP contribution is 2.43. The number of thiophene rings is 1. The van der Waals surface area contributed by atoms with Gasteiger partial charge in [-0.15, -0.1) is 11.3 Å². The highest BCUT2D eigenvalue weighted by molar-refractivity contribution is 7.14. The average Bonchev–Trinajstić information content (AvgIpc) is 3.10. The molecule has 2 aromatic rings. The second-order valence-corrected chi connectivity index (χ2v) is 8.05. The molecule has 2 aliphatic rings. The Kier molecular flexibility index (Phi) is 4.25. The molecule has 1 aliphatic carbocycles. The molecule has 2 atom stereocenters. The topological polar surface area (TPSA) is 38.7 Å². The third-order valence-electron chi connectivity index (χ3n) is 4.69. The summed E-state index contributed by atoms with van der Waals surface area (Å²) in [5, 5.41) is 10.5. The van der Waals surface area contributed by atoms with Gasteiger partial charge in [0, 0.05) is 33.4 Å². The van der Waals surface area contributed by atoms with Gasteiger partial charge in [-0.25, -0.2) is 0 Å². The van der Waals surface area contributed by atoms with Gasteiger partial charge < -0.3 is 14.6 Å². The average molecular weight is 366 g/mol. The Morgan fingerprint density at radius 3 is 2.77 bits per heavy atom. The number of fused-ring (bicyclic) bond motifs is 1. The van der Waals surface area contributed by atoms with Crippen molar-refractivity contribution in [1.82, 2.24) is 0 Å². The van der Waals surface area contributed by atoms with E-state index < -0.39 is 5.79 Å². The number of aliphatic hydroxyl groups is 1. The van der Waals surface area contributed by atoms with E-state index in [1.165, 1.54) is 10.5 Å². The van der Waals surface area contributed by atoms with Crippen LogP contribution in [-0.4, -0.2) is 18.0 Å². The van der Waals surface area contributed by atoms with Gasteiger partial charge in [0.15, 0.2) is 0 Å². The van der Waals surface area contributed by atoms with Crippen molar-refractivity contribution in [3.63, 3.8) is 0 Å². The van der Waals surface area contributed by atoms with E-state index in [9.17, 15) is 5.11 Å². The summed E-state index contributed by atoms with van der Waals surface area (Å²) in [7, 11) is 1.72. The van der Waals surface area contributed by atoms with Crippen molar-refractivity contribution < 1.29 is 14.6 Å². The fourth-order valence-corrected chi connectivity index (χ4v) is 4.58. The minimum absolute atomic E-state index is 0.498. The number of rotatable bonds is 3. The van der Waals surface area contributed by atoms with Crippen LogP contribution in [0, 0.1) is 5.92 Å². The number of hydrogen-bond acceptors (Lipinski definition) is 4. The molecule has 0 radical (unpaired) electrons. The Morgan fingerprint density at radius 2 is 1.96 bits per heavy atom. The number of hydrogen-bond donors (Lipinski definition) is 1. The molecule has 1 aromatic heterocycles. The second-order valence-electron chi connectivity index (χ2n) is 6.96. The first-order chi connectivity index (χ1) is 12.5. The monoisotopic (exact) mass is 366 g/mol. The van der Waals surface area contributed by atoms with Crippen LogP contribution in [0.5, 0.6) is 5.75 Å². The van der Waals surface area contributed by atoms with Gasteiger partial charge in [-0.3, -0.25) is 0 Å². The van der Waals surface area contributed by atoms with Crippen molar-refractivity contribution in [2.45, 2.75) is 26.1 Å². The summed E-state index contributed by atoms with van der Waals surface area (Å²) in [5.74, 6) is 0.825. The molecular weight excluding hydrogens is 344 g/mol. The van der Waals surface area contributed by atoms with Gasteiger partial charge in [-0.1, -0.05) is 31.2 Å². The molecule has 26 heavy (non-hydrogen) atoms. The van der Waals surface area contributed by atoms with E-state index in [2.05, 4.69) is 31.2 Å². The van der Waals surface area contributed by atoms with Gasteiger partial charge >= 0.3 is 0 Å². The lowest BCUT2D eigenvalue weighted by Gasteiger charge is -2.29. The van der Waals surface area contributed by atoms with E-state index in [0.29, 0.717) is 11.7 Å². The largest absolute Gasteiger partial charge is 0.496 e. The van der Waals surface area contributed by atoms with E-state index in [1.807, 2.05) is 24.3 Å². The standard InChI is InChI=1S/C22H22O3S/c1-14-8-9-18(24-3)16(12-14)20-10-11-21(26-20)17-13-22(2,23)25-19-7-5-4-6-15(17)19/h4-11,13-14,23H,12H2,1-3H3. The predicted molar refractivity (Wildman–Crippen MR) is 106 cm³/mol. The molecule has 0 saturated carbocycles. The van der Waals surface area contributed by atoms with Gasteiger partial charge in [-0.2, -0.15) is 0 Å². The van der Waals surface area contributed by atoms with Crippen LogP contribution < -0.4 is 4.74 Å². The van der Waals surface area contributed by atoms with Crippen molar-refractivity contribution in [3.05, 3.63) is 75.7 Å². The number of para-hydroxylation sites is 1. The van der Waals surface area contributed by atoms with Crippen LogP contribution in [0.3, 0.4) is 0 Å². The van der Waals surface area contributed by atoms with Crippen LogP contribution in [0.15, 0.2) is 60.4 Å². The molecule has 4 heteroatoms. The lowest BCUT2D eigenvalue weighted by molar-refractivity contribution is -0.0792. The zero-order valence-corrected chi connectivity index (χ0v) is 16.0. The normalized spacial score (nSPS) is 24.8. The predicted octanol–water partition coefficient (Wildman–Crippen LogP) is 5.23. The van der Waals surface area contributed by atoms with Crippen molar-refractivity contribution >= 4 is 22.5 Å². The van der Waals surface area contributed by atoms with Crippen LogP contribution in [0.4, 0.5) is 0 Å². The summed E-state index contributed by atoms with van der Waals surface area (Å²) in [4.78, 5) is 2.32. The van der Waals surface area contributed by atoms with Crippen molar-refractivity contribution in [1.29, 1.82) is 0 Å². The van der Waals surface area contributed by atoms with E-state index in [1.54, 1.807) is 31.4 Å². The van der Waals surface area contributed by atoms with Gasteiger partial charge in [0.25, 0.3) is 0 Å². The molecule has 1 aromatic carbocycles. The number of benzene rings is 1. The molecule has 2 unspecified atom stereocenters. The minimum atomic E-state index is -1.31. The molecule has 0 bridgehead atoms. The second kappa shape index (κ2) is 6.45. The molecule has 4 rings (SSSR count). The quantitative estimate of drug-likeness (QED) is 0.808. The number of allylic oxidation sites excluding steroid dienone is 3. The van der Waals surface area contributed by atoms with E-state index in [-0.39, 0.29) is 0 Å². The Hall–Kier alpha value is -2.30. The van der Waals surface area contributed by atoms with Crippen LogP contribution >= 0.6 is 11.3 Å². The Balaban J connectivity index is 1.78. The molecule has 0 amide bonds. The molecule has 1 N–H and O–H groups in total. The van der Waals surface area contributed by atoms with Crippen LogP contribution in [-0.2, 0) is 4.74 Å². The molecule has 0 saturated heterocycles. The van der Waals surface area contributed by atoms with Crippen LogP contribution in [0.1, 0.15) is 35.6 Å². The SMILES string of the molecule is COC1=C(c2ccc(C3=CC(C)(O)Oc4ccccc43)s2)CC(C)C=C1. The summed E-state index contributed by atoms with van der Waals surface area (Å²) >= 11 is 1.72. The molecule has 1 aliphatic heterocycles. The maximum atomic E-state index is 10.5. The fourth-order valence-electron chi connectivity index (χ4n) is 3.48. The summed E-state index contributed by atoms with van der Waals surface area (Å²) in [5.41, 5.74) is 3.25. The third-order valence-corrected chi connectivity index (χ3v) is 5.87. The lowest BCUT2D eigenvalue weighted by Crippen LogP contribution is -2.32. The zero-order valence-electron chi connectivity index (χ0n) is 15.2. The van der Waals surface area contributed by atoms with Gasteiger partial charge in [-0.05, 0) is 42.7 Å². The van der Waals surface area contributed by atoms with Crippen molar-refractivity contribution in [3.8, 4) is 5.75 Å². The van der Waals surface area contributed by atoms with Gasteiger partial charge in [0.05, 0.1) is 7.11 Å². The third kappa shape index (κ3) is 3.11. The highest BCUT2D eigenvalue weighted by atomic mass is 32.1. The molecule has 2 heterocycles. The van der Waals surface area contributed by atoms with Gasteiger partial charge in [0.1, 0.15) is 11.5 Å². The molecular formula is C22H22O3S. The van der Waals surface area contributed by atoms with Crippen LogP contribution in [0.2, 0.25) is 0 Å². The summed E-state index contributed by atoms with van der Waals surface area (Å²) in [6.07, 6.45) is 7.01. The number of methoxy groups -OCH3 is 1. The summed E-state index contributed by atoms with van der Waals surface area (Å²) in [6.45, 7) is 3.88.